The van der Waals surface area contributed by atoms with Crippen molar-refractivity contribution in [1.29, 1.82) is 0 Å². The zero-order valence-electron chi connectivity index (χ0n) is 18.1. The van der Waals surface area contributed by atoms with Gasteiger partial charge in [-0.05, 0) is 23.6 Å². The number of aromatic nitrogens is 1. The first kappa shape index (κ1) is 22.9. The Kier molecular flexibility index (Phi) is 7.85. The molecule has 32 heavy (non-hydrogen) atoms. The molecule has 8 heteroatoms. The van der Waals surface area contributed by atoms with Crippen LogP contribution < -0.4 is 10.6 Å². The second kappa shape index (κ2) is 11.0. The van der Waals surface area contributed by atoms with Gasteiger partial charge < -0.3 is 25.1 Å². The molecule has 0 saturated heterocycles. The lowest BCUT2D eigenvalue weighted by Gasteiger charge is -2.17. The van der Waals surface area contributed by atoms with Crippen LogP contribution in [0.3, 0.4) is 0 Å². The minimum Gasteiger partial charge on any atom is -0.467 e. The molecule has 0 aliphatic heterocycles. The van der Waals surface area contributed by atoms with Crippen molar-refractivity contribution in [2.75, 3.05) is 13.7 Å². The number of methoxy groups -OCH3 is 1. The Morgan fingerprint density at radius 2 is 1.75 bits per heavy atom. The highest BCUT2D eigenvalue weighted by Crippen LogP contribution is 2.23. The summed E-state index contributed by atoms with van der Waals surface area (Å²) in [5, 5.41) is 6.15. The van der Waals surface area contributed by atoms with E-state index >= 15 is 0 Å². The third-order valence-corrected chi connectivity index (χ3v) is 5.00. The monoisotopic (exact) mass is 437 g/mol. The van der Waals surface area contributed by atoms with Crippen molar-refractivity contribution in [3.63, 3.8) is 0 Å². The number of carbonyl (C=O) groups excluding carboxylic acids is 3. The van der Waals surface area contributed by atoms with E-state index in [0.29, 0.717) is 5.69 Å². The molecular formula is C24H27N3O5. The topological polar surface area (TPSA) is 110 Å². The van der Waals surface area contributed by atoms with Gasteiger partial charge in [-0.2, -0.15) is 0 Å². The van der Waals surface area contributed by atoms with Crippen LogP contribution in [0.1, 0.15) is 35.0 Å². The van der Waals surface area contributed by atoms with E-state index in [1.807, 2.05) is 61.5 Å². The fourth-order valence-electron chi connectivity index (χ4n) is 3.43. The summed E-state index contributed by atoms with van der Waals surface area (Å²) in [5.74, 6) is -1.05. The average molecular weight is 437 g/mol. The minimum absolute atomic E-state index is 0.0579. The van der Waals surface area contributed by atoms with Crippen molar-refractivity contribution in [2.45, 2.75) is 32.4 Å². The number of H-pyrrole nitrogens is 1. The molecule has 2 amide bonds. The number of carbonyl (C=O) groups is 3. The van der Waals surface area contributed by atoms with Gasteiger partial charge in [-0.1, -0.05) is 61.9 Å². The van der Waals surface area contributed by atoms with Crippen LogP contribution >= 0.6 is 0 Å². The number of amides is 2. The number of hydrogen-bond donors (Lipinski definition) is 3. The predicted octanol–water partition coefficient (Wildman–Crippen LogP) is 3.32. The molecule has 1 heterocycles. The van der Waals surface area contributed by atoms with E-state index in [4.69, 9.17) is 9.47 Å². The van der Waals surface area contributed by atoms with E-state index < -0.39 is 18.1 Å². The van der Waals surface area contributed by atoms with Crippen LogP contribution in [-0.2, 0) is 27.3 Å². The molecule has 2 aromatic carbocycles. The Morgan fingerprint density at radius 3 is 2.47 bits per heavy atom. The van der Waals surface area contributed by atoms with E-state index in [0.717, 1.165) is 34.9 Å². The SMILES string of the molecule is CCCc1c(C(=O)NCC(NC(=O)OCc2ccccc2)C(=O)OC)[nH]c2ccccc12. The largest absolute Gasteiger partial charge is 0.467 e. The van der Waals surface area contributed by atoms with Gasteiger partial charge in [0.25, 0.3) is 5.91 Å². The van der Waals surface area contributed by atoms with Crippen LogP contribution in [0.25, 0.3) is 10.9 Å². The van der Waals surface area contributed by atoms with Gasteiger partial charge in [0.05, 0.1) is 7.11 Å². The fourth-order valence-corrected chi connectivity index (χ4v) is 3.43. The third-order valence-electron chi connectivity index (χ3n) is 5.00. The van der Waals surface area contributed by atoms with Crippen molar-refractivity contribution in [3.8, 4) is 0 Å². The highest BCUT2D eigenvalue weighted by molar-refractivity contribution is 6.01. The number of para-hydroxylation sites is 1. The quantitative estimate of drug-likeness (QED) is 0.445. The molecule has 0 saturated carbocycles. The van der Waals surface area contributed by atoms with Crippen LogP contribution in [0, 0.1) is 0 Å². The van der Waals surface area contributed by atoms with Gasteiger partial charge in [0.2, 0.25) is 0 Å². The summed E-state index contributed by atoms with van der Waals surface area (Å²) in [7, 11) is 1.21. The van der Waals surface area contributed by atoms with Crippen molar-refractivity contribution in [2.24, 2.45) is 0 Å². The van der Waals surface area contributed by atoms with Crippen molar-refractivity contribution < 1.29 is 23.9 Å². The summed E-state index contributed by atoms with van der Waals surface area (Å²) < 4.78 is 9.91. The van der Waals surface area contributed by atoms with Gasteiger partial charge in [-0.3, -0.25) is 4.79 Å². The Balaban J connectivity index is 1.64. The highest BCUT2D eigenvalue weighted by Gasteiger charge is 2.24. The predicted molar refractivity (Wildman–Crippen MR) is 120 cm³/mol. The van der Waals surface area contributed by atoms with E-state index in [-0.39, 0.29) is 19.1 Å². The molecule has 0 fully saturated rings. The summed E-state index contributed by atoms with van der Waals surface area (Å²) in [6, 6.07) is 15.8. The molecule has 3 rings (SSSR count). The number of esters is 1. The number of ether oxygens (including phenoxy) is 2. The lowest BCUT2D eigenvalue weighted by molar-refractivity contribution is -0.142. The Bertz CT molecular complexity index is 1080. The molecule has 3 N–H and O–H groups in total. The number of aromatic amines is 1. The normalized spacial score (nSPS) is 11.6. The van der Waals surface area contributed by atoms with Gasteiger partial charge in [0.1, 0.15) is 18.3 Å². The number of alkyl carbamates (subject to hydrolysis) is 1. The number of aryl methyl sites for hydroxylation is 1. The summed E-state index contributed by atoms with van der Waals surface area (Å²) in [4.78, 5) is 40.3. The summed E-state index contributed by atoms with van der Waals surface area (Å²) in [5.41, 5.74) is 3.05. The summed E-state index contributed by atoms with van der Waals surface area (Å²) >= 11 is 0. The first-order valence-electron chi connectivity index (χ1n) is 10.5. The molecule has 1 aromatic heterocycles. The van der Waals surface area contributed by atoms with Crippen LogP contribution in [0.2, 0.25) is 0 Å². The Labute approximate surface area is 186 Å². The first-order chi connectivity index (χ1) is 15.5. The van der Waals surface area contributed by atoms with Crippen LogP contribution in [-0.4, -0.2) is 42.7 Å². The van der Waals surface area contributed by atoms with Gasteiger partial charge >= 0.3 is 12.1 Å². The lowest BCUT2D eigenvalue weighted by Crippen LogP contribution is -2.49. The number of nitrogens with one attached hydrogen (secondary N) is 3. The van der Waals surface area contributed by atoms with Gasteiger partial charge in [-0.25, -0.2) is 9.59 Å². The number of hydrogen-bond acceptors (Lipinski definition) is 5. The van der Waals surface area contributed by atoms with Crippen LogP contribution in [0.15, 0.2) is 54.6 Å². The van der Waals surface area contributed by atoms with E-state index in [2.05, 4.69) is 15.6 Å². The lowest BCUT2D eigenvalue weighted by atomic mass is 10.1. The van der Waals surface area contributed by atoms with Crippen molar-refractivity contribution in [1.82, 2.24) is 15.6 Å². The van der Waals surface area contributed by atoms with Crippen LogP contribution in [0.4, 0.5) is 4.79 Å². The maximum atomic E-state index is 12.9. The zero-order chi connectivity index (χ0) is 22.9. The number of benzene rings is 2. The maximum Gasteiger partial charge on any atom is 0.408 e. The van der Waals surface area contributed by atoms with Crippen molar-refractivity contribution >= 4 is 28.9 Å². The van der Waals surface area contributed by atoms with Gasteiger partial charge in [-0.15, -0.1) is 0 Å². The molecule has 0 bridgehead atoms. The molecule has 8 nitrogen and oxygen atoms in total. The van der Waals surface area contributed by atoms with Crippen LogP contribution in [0.5, 0.6) is 0 Å². The number of fused-ring (bicyclic) bond motifs is 1. The standard InChI is InChI=1S/C24H27N3O5/c1-3-9-18-17-12-7-8-13-19(17)26-21(18)22(28)25-14-20(23(29)31-2)27-24(30)32-15-16-10-5-4-6-11-16/h4-8,10-13,20,26H,3,9,14-15H2,1-2H3,(H,25,28)(H,27,30). The highest BCUT2D eigenvalue weighted by atomic mass is 16.6. The van der Waals surface area contributed by atoms with E-state index in [1.165, 1.54) is 7.11 Å². The maximum absolute atomic E-state index is 12.9. The van der Waals surface area contributed by atoms with Gasteiger partial charge in [0, 0.05) is 17.4 Å². The molecule has 0 aliphatic rings. The Hall–Kier alpha value is -3.81. The molecule has 0 spiro atoms. The number of rotatable bonds is 9. The van der Waals surface area contributed by atoms with Gasteiger partial charge in [0.15, 0.2) is 0 Å². The third kappa shape index (κ3) is 5.66. The van der Waals surface area contributed by atoms with E-state index in [1.54, 1.807) is 0 Å². The molecular weight excluding hydrogens is 410 g/mol. The molecule has 3 aromatic rings. The molecule has 1 unspecified atom stereocenters. The van der Waals surface area contributed by atoms with E-state index in [9.17, 15) is 14.4 Å². The molecule has 0 aliphatic carbocycles. The Morgan fingerprint density at radius 1 is 1.03 bits per heavy atom. The zero-order valence-corrected chi connectivity index (χ0v) is 18.1. The molecule has 0 radical (unpaired) electrons. The first-order valence-corrected chi connectivity index (χ1v) is 10.5. The smallest absolute Gasteiger partial charge is 0.408 e. The minimum atomic E-state index is -1.09. The second-order valence-corrected chi connectivity index (χ2v) is 7.27. The second-order valence-electron chi connectivity index (χ2n) is 7.27. The molecule has 168 valence electrons. The summed E-state index contributed by atoms with van der Waals surface area (Å²) in [6.45, 7) is 1.96. The van der Waals surface area contributed by atoms with Crippen molar-refractivity contribution in [3.05, 3.63) is 71.4 Å². The summed E-state index contributed by atoms with van der Waals surface area (Å²) in [6.07, 6.45) is 0.828. The molecule has 1 atom stereocenters. The average Bonchev–Trinajstić information content (AvgIpc) is 3.19. The fraction of sp³-hybridized carbons (Fsp3) is 0.292.